The Bertz CT molecular complexity index is 866. The van der Waals surface area contributed by atoms with Crippen molar-refractivity contribution in [2.24, 2.45) is 5.92 Å². The summed E-state index contributed by atoms with van der Waals surface area (Å²) in [6.07, 6.45) is 6.11. The summed E-state index contributed by atoms with van der Waals surface area (Å²) in [7, 11) is -1.98. The van der Waals surface area contributed by atoms with Gasteiger partial charge in [-0.1, -0.05) is 30.3 Å². The molecule has 0 spiro atoms. The molecular weight excluding hydrogens is 446 g/mol. The van der Waals surface area contributed by atoms with Crippen LogP contribution >= 0.6 is 0 Å². The third-order valence-corrected chi connectivity index (χ3v) is 7.41. The van der Waals surface area contributed by atoms with Gasteiger partial charge >= 0.3 is 5.97 Å². The van der Waals surface area contributed by atoms with Gasteiger partial charge in [0.25, 0.3) is 0 Å². The number of likely N-dealkylation sites (tertiary alicyclic amines) is 1. The maximum absolute atomic E-state index is 12.7. The van der Waals surface area contributed by atoms with Crippen LogP contribution in [0, 0.1) is 5.92 Å². The lowest BCUT2D eigenvalue weighted by atomic mass is 9.77. The number of allylic oxidation sites excluding steroid dienone is 1. The Morgan fingerprint density at radius 2 is 1.88 bits per heavy atom. The van der Waals surface area contributed by atoms with E-state index in [0.717, 1.165) is 37.0 Å². The number of carbonyl (C=O) groups is 2. The molecule has 0 radical (unpaired) electrons. The average Bonchev–Trinajstić information content (AvgIpc) is 3.06. The molecule has 0 aromatic heterocycles. The van der Waals surface area contributed by atoms with Crippen molar-refractivity contribution < 1.29 is 23.5 Å². The molecule has 0 N–H and O–H groups in total. The molecular formula is C27H41NO5Si. The van der Waals surface area contributed by atoms with E-state index < -0.39 is 13.9 Å². The topological polar surface area (TPSA) is 65.1 Å². The fraction of sp³-hybridized carbons (Fsp3) is 0.630. The van der Waals surface area contributed by atoms with Gasteiger partial charge in [-0.25, -0.2) is 0 Å². The van der Waals surface area contributed by atoms with Crippen LogP contribution in [-0.2, 0) is 30.0 Å². The van der Waals surface area contributed by atoms with Crippen molar-refractivity contribution in [3.8, 4) is 0 Å². The SMILES string of the molecule is CCOC(=O)CC1(O[Si](C)(C)C)C=C(OCC)C[C@H](C[C@@H]2CCC(=O)N2Cc2ccccc2)C1. The summed E-state index contributed by atoms with van der Waals surface area (Å²) >= 11 is 0. The fourth-order valence-corrected chi connectivity index (χ4v) is 6.86. The van der Waals surface area contributed by atoms with Crippen LogP contribution < -0.4 is 0 Å². The predicted molar refractivity (Wildman–Crippen MR) is 135 cm³/mol. The predicted octanol–water partition coefficient (Wildman–Crippen LogP) is 5.44. The molecule has 34 heavy (non-hydrogen) atoms. The van der Waals surface area contributed by atoms with E-state index in [0.29, 0.717) is 26.2 Å². The van der Waals surface area contributed by atoms with E-state index in [1.54, 1.807) is 0 Å². The number of hydrogen-bond acceptors (Lipinski definition) is 5. The second kappa shape index (κ2) is 11.5. The molecule has 1 fully saturated rings. The molecule has 6 nitrogen and oxygen atoms in total. The molecule has 3 atom stereocenters. The van der Waals surface area contributed by atoms with Crippen LogP contribution in [0.5, 0.6) is 0 Å². The standard InChI is InChI=1S/C27H41NO5Si/c1-6-31-24-16-22(17-27(18-24,33-34(3,4)5)19-26(30)32-7-2)15-23-13-14-25(29)28(23)20-21-11-9-8-10-12-21/h8-12,18,22-23H,6-7,13-17,19-20H2,1-5H3/t22-,23-,27?/m0/s1. The first-order valence-electron chi connectivity index (χ1n) is 12.7. The van der Waals surface area contributed by atoms with Crippen molar-refractivity contribution in [3.05, 3.63) is 47.7 Å². The third kappa shape index (κ3) is 7.44. The van der Waals surface area contributed by atoms with Gasteiger partial charge < -0.3 is 18.8 Å². The quantitative estimate of drug-likeness (QED) is 0.307. The molecule has 1 amide bonds. The van der Waals surface area contributed by atoms with E-state index in [2.05, 4.69) is 31.8 Å². The molecule has 2 aliphatic rings. The zero-order chi connectivity index (χ0) is 24.8. The molecule has 0 saturated carbocycles. The van der Waals surface area contributed by atoms with Gasteiger partial charge in [-0.05, 0) is 70.3 Å². The van der Waals surface area contributed by atoms with Crippen molar-refractivity contribution in [3.63, 3.8) is 0 Å². The van der Waals surface area contributed by atoms with E-state index in [9.17, 15) is 9.59 Å². The molecule has 1 aliphatic heterocycles. The largest absolute Gasteiger partial charge is 0.498 e. The van der Waals surface area contributed by atoms with E-state index in [4.69, 9.17) is 13.9 Å². The summed E-state index contributed by atoms with van der Waals surface area (Å²) in [5.41, 5.74) is 0.428. The minimum atomic E-state index is -1.98. The Kier molecular flexibility index (Phi) is 8.99. The lowest BCUT2D eigenvalue weighted by Crippen LogP contribution is -2.47. The lowest BCUT2D eigenvalue weighted by Gasteiger charge is -2.43. The van der Waals surface area contributed by atoms with Gasteiger partial charge in [0.15, 0.2) is 8.32 Å². The second-order valence-corrected chi connectivity index (χ2v) is 14.9. The minimum Gasteiger partial charge on any atom is -0.498 e. The van der Waals surface area contributed by atoms with E-state index in [1.165, 1.54) is 0 Å². The Hall–Kier alpha value is -2.12. The van der Waals surface area contributed by atoms with Crippen molar-refractivity contribution in [2.45, 2.75) is 90.2 Å². The number of nitrogens with zero attached hydrogens (tertiary/aromatic N) is 1. The highest BCUT2D eigenvalue weighted by Crippen LogP contribution is 2.42. The van der Waals surface area contributed by atoms with Gasteiger partial charge in [0.2, 0.25) is 5.91 Å². The number of ether oxygens (including phenoxy) is 2. The van der Waals surface area contributed by atoms with E-state index in [-0.39, 0.29) is 30.3 Å². The lowest BCUT2D eigenvalue weighted by molar-refractivity contribution is -0.147. The summed E-state index contributed by atoms with van der Waals surface area (Å²) in [6, 6.07) is 10.4. The monoisotopic (exact) mass is 487 g/mol. The first-order valence-corrected chi connectivity index (χ1v) is 16.1. The van der Waals surface area contributed by atoms with E-state index in [1.807, 2.05) is 43.0 Å². The van der Waals surface area contributed by atoms with Gasteiger partial charge in [-0.2, -0.15) is 0 Å². The average molecular weight is 488 g/mol. The highest BCUT2D eigenvalue weighted by Gasteiger charge is 2.44. The van der Waals surface area contributed by atoms with Crippen LogP contribution in [0.3, 0.4) is 0 Å². The molecule has 1 saturated heterocycles. The third-order valence-electron chi connectivity index (χ3n) is 6.39. The highest BCUT2D eigenvalue weighted by atomic mass is 28.4. The molecule has 3 rings (SSSR count). The van der Waals surface area contributed by atoms with Crippen molar-refractivity contribution >= 4 is 20.2 Å². The van der Waals surface area contributed by atoms with Gasteiger partial charge in [-0.3, -0.25) is 9.59 Å². The number of rotatable bonds is 11. The summed E-state index contributed by atoms with van der Waals surface area (Å²) in [4.78, 5) is 27.4. The smallest absolute Gasteiger partial charge is 0.309 e. The first kappa shape index (κ1) is 26.5. The van der Waals surface area contributed by atoms with Crippen LogP contribution in [0.2, 0.25) is 19.6 Å². The number of benzene rings is 1. The summed E-state index contributed by atoms with van der Waals surface area (Å²) in [5, 5.41) is 0. The Morgan fingerprint density at radius 1 is 1.15 bits per heavy atom. The zero-order valence-corrected chi connectivity index (χ0v) is 22.5. The molecule has 0 bridgehead atoms. The molecule has 188 valence electrons. The molecule has 1 aromatic rings. The summed E-state index contributed by atoms with van der Waals surface area (Å²) < 4.78 is 18.0. The first-order chi connectivity index (χ1) is 16.1. The summed E-state index contributed by atoms with van der Waals surface area (Å²) in [6.45, 7) is 11.8. The Labute approximate surface area is 205 Å². The molecule has 1 aromatic carbocycles. The fourth-order valence-electron chi connectivity index (χ4n) is 5.43. The molecule has 1 aliphatic carbocycles. The van der Waals surface area contributed by atoms with E-state index >= 15 is 0 Å². The van der Waals surface area contributed by atoms with Gasteiger partial charge in [0, 0.05) is 25.4 Å². The van der Waals surface area contributed by atoms with Crippen LogP contribution in [0.1, 0.15) is 57.9 Å². The minimum absolute atomic E-state index is 0.186. The Balaban J connectivity index is 1.82. The van der Waals surface area contributed by atoms with Crippen molar-refractivity contribution in [1.82, 2.24) is 4.90 Å². The van der Waals surface area contributed by atoms with Gasteiger partial charge in [-0.15, -0.1) is 0 Å². The van der Waals surface area contributed by atoms with Crippen molar-refractivity contribution in [1.29, 1.82) is 0 Å². The zero-order valence-electron chi connectivity index (χ0n) is 21.5. The molecule has 1 heterocycles. The molecule has 7 heteroatoms. The summed E-state index contributed by atoms with van der Waals surface area (Å²) in [5.74, 6) is 1.13. The van der Waals surface area contributed by atoms with Crippen LogP contribution in [0.25, 0.3) is 0 Å². The Morgan fingerprint density at radius 3 is 2.53 bits per heavy atom. The molecule has 1 unspecified atom stereocenters. The van der Waals surface area contributed by atoms with Crippen LogP contribution in [0.15, 0.2) is 42.2 Å². The number of hydrogen-bond donors (Lipinski definition) is 0. The van der Waals surface area contributed by atoms with Gasteiger partial charge in [0.1, 0.15) is 0 Å². The highest BCUT2D eigenvalue weighted by molar-refractivity contribution is 6.69. The second-order valence-electron chi connectivity index (χ2n) is 10.5. The van der Waals surface area contributed by atoms with Gasteiger partial charge in [0.05, 0.1) is 31.0 Å². The number of carbonyl (C=O) groups excluding carboxylic acids is 2. The number of amides is 1. The van der Waals surface area contributed by atoms with Crippen molar-refractivity contribution in [2.75, 3.05) is 13.2 Å². The normalized spacial score (nSPS) is 25.3. The van der Waals surface area contributed by atoms with Crippen LogP contribution in [-0.4, -0.2) is 50.0 Å². The maximum Gasteiger partial charge on any atom is 0.309 e. The number of esters is 1. The van der Waals surface area contributed by atoms with Crippen LogP contribution in [0.4, 0.5) is 0 Å². The maximum atomic E-state index is 12.7.